The summed E-state index contributed by atoms with van der Waals surface area (Å²) >= 11 is 0. The minimum atomic E-state index is -1.03. The molecule has 0 unspecified atom stereocenters. The smallest absolute Gasteiger partial charge is 0.325 e. The van der Waals surface area contributed by atoms with Crippen LogP contribution in [0.1, 0.15) is 33.1 Å². The Hall–Kier alpha value is -2.18. The van der Waals surface area contributed by atoms with E-state index >= 15 is 0 Å². The van der Waals surface area contributed by atoms with Gasteiger partial charge in [0.2, 0.25) is 11.8 Å². The van der Waals surface area contributed by atoms with Gasteiger partial charge in [-0.1, -0.05) is 13.8 Å². The lowest BCUT2D eigenvalue weighted by molar-refractivity contribution is -0.138. The van der Waals surface area contributed by atoms with Crippen LogP contribution in [0, 0.1) is 5.41 Å². The fraction of sp³-hybridized carbons (Fsp3) is 0.538. The van der Waals surface area contributed by atoms with Crippen LogP contribution in [-0.2, 0) is 20.9 Å². The molecule has 1 aliphatic heterocycles. The number of anilines is 1. The van der Waals surface area contributed by atoms with Crippen LogP contribution in [0.15, 0.2) is 12.4 Å². The minimum Gasteiger partial charge on any atom is -0.480 e. The molecule has 2 amide bonds. The summed E-state index contributed by atoms with van der Waals surface area (Å²) in [5, 5.41) is 12.6. The molecule has 0 radical (unpaired) electrons. The van der Waals surface area contributed by atoms with E-state index in [-0.39, 0.29) is 24.8 Å². The molecular formula is C13H17N3O4. The fourth-order valence-corrected chi connectivity index (χ4v) is 2.55. The van der Waals surface area contributed by atoms with Crippen LogP contribution in [0.4, 0.5) is 5.69 Å². The molecule has 1 fully saturated rings. The van der Waals surface area contributed by atoms with Crippen LogP contribution >= 0.6 is 0 Å². The van der Waals surface area contributed by atoms with E-state index in [1.807, 2.05) is 13.8 Å². The normalized spacial score (nSPS) is 17.8. The molecule has 7 nitrogen and oxygen atoms in total. The zero-order chi connectivity index (χ0) is 14.9. The summed E-state index contributed by atoms with van der Waals surface area (Å²) in [7, 11) is 0. The highest BCUT2D eigenvalue weighted by Crippen LogP contribution is 2.40. The predicted molar refractivity (Wildman–Crippen MR) is 70.0 cm³/mol. The topological polar surface area (TPSA) is 92.5 Å². The number of carbonyl (C=O) groups excluding carboxylic acids is 2. The Balaban J connectivity index is 2.29. The van der Waals surface area contributed by atoms with Gasteiger partial charge in [-0.2, -0.15) is 5.10 Å². The van der Waals surface area contributed by atoms with Crippen molar-refractivity contribution in [1.29, 1.82) is 0 Å². The number of aromatic nitrogens is 2. The van der Waals surface area contributed by atoms with Crippen molar-refractivity contribution in [1.82, 2.24) is 9.78 Å². The molecule has 20 heavy (non-hydrogen) atoms. The van der Waals surface area contributed by atoms with Crippen LogP contribution in [-0.4, -0.2) is 32.7 Å². The average molecular weight is 279 g/mol. The number of rotatable bonds is 5. The van der Waals surface area contributed by atoms with Gasteiger partial charge in [-0.3, -0.25) is 19.1 Å². The molecule has 0 atom stereocenters. The predicted octanol–water partition coefficient (Wildman–Crippen LogP) is 1.04. The number of aliphatic carboxylic acids is 1. The van der Waals surface area contributed by atoms with E-state index < -0.39 is 11.4 Å². The molecule has 1 saturated heterocycles. The van der Waals surface area contributed by atoms with Gasteiger partial charge in [0.15, 0.2) is 0 Å². The molecule has 0 bridgehead atoms. The Morgan fingerprint density at radius 2 is 2.05 bits per heavy atom. The molecule has 2 heterocycles. The van der Waals surface area contributed by atoms with Gasteiger partial charge in [-0.25, -0.2) is 4.90 Å². The number of carboxylic acid groups (broad SMARTS) is 1. The monoisotopic (exact) mass is 279 g/mol. The van der Waals surface area contributed by atoms with Crippen LogP contribution in [0.5, 0.6) is 0 Å². The second-order valence-electron chi connectivity index (χ2n) is 4.99. The van der Waals surface area contributed by atoms with Crippen molar-refractivity contribution in [2.45, 2.75) is 39.7 Å². The standard InChI is InChI=1S/C13H17N3O4/c1-3-13(4-2)5-10(17)16(12(13)20)9-6-14-15(7-9)8-11(18)19/h6-7H,3-5,8H2,1-2H3,(H,18,19). The van der Waals surface area contributed by atoms with Crippen molar-refractivity contribution in [2.24, 2.45) is 5.41 Å². The lowest BCUT2D eigenvalue weighted by atomic mass is 9.81. The number of imide groups is 1. The quantitative estimate of drug-likeness (QED) is 0.813. The second kappa shape index (κ2) is 5.07. The van der Waals surface area contributed by atoms with E-state index in [1.165, 1.54) is 17.1 Å². The molecule has 2 rings (SSSR count). The maximum Gasteiger partial charge on any atom is 0.325 e. The zero-order valence-electron chi connectivity index (χ0n) is 11.5. The van der Waals surface area contributed by atoms with Crippen LogP contribution in [0.2, 0.25) is 0 Å². The van der Waals surface area contributed by atoms with Crippen molar-refractivity contribution >= 4 is 23.5 Å². The Kier molecular flexibility index (Phi) is 3.61. The number of nitrogens with zero attached hydrogens (tertiary/aromatic N) is 3. The van der Waals surface area contributed by atoms with Gasteiger partial charge >= 0.3 is 5.97 Å². The van der Waals surface area contributed by atoms with Gasteiger partial charge in [0, 0.05) is 12.6 Å². The second-order valence-corrected chi connectivity index (χ2v) is 4.99. The summed E-state index contributed by atoms with van der Waals surface area (Å²) in [5.41, 5.74) is -0.295. The van der Waals surface area contributed by atoms with Gasteiger partial charge in [0.05, 0.1) is 17.3 Å². The third-order valence-electron chi connectivity index (χ3n) is 3.92. The first kappa shape index (κ1) is 14.2. The Bertz CT molecular complexity index is 560. The van der Waals surface area contributed by atoms with Gasteiger partial charge in [-0.15, -0.1) is 0 Å². The number of amides is 2. The third-order valence-corrected chi connectivity index (χ3v) is 3.92. The van der Waals surface area contributed by atoms with Crippen molar-refractivity contribution in [3.63, 3.8) is 0 Å². The molecule has 0 spiro atoms. The minimum absolute atomic E-state index is 0.197. The molecule has 0 aromatic carbocycles. The SMILES string of the molecule is CCC1(CC)CC(=O)N(c2cnn(CC(=O)O)c2)C1=O. The molecule has 108 valence electrons. The number of carbonyl (C=O) groups is 3. The number of carboxylic acids is 1. The van der Waals surface area contributed by atoms with E-state index in [0.717, 1.165) is 4.90 Å². The summed E-state index contributed by atoms with van der Waals surface area (Å²) in [6, 6.07) is 0. The summed E-state index contributed by atoms with van der Waals surface area (Å²) < 4.78 is 1.19. The highest BCUT2D eigenvalue weighted by molar-refractivity contribution is 6.22. The Morgan fingerprint density at radius 1 is 1.40 bits per heavy atom. The number of hydrogen-bond donors (Lipinski definition) is 1. The molecule has 0 aliphatic carbocycles. The van der Waals surface area contributed by atoms with E-state index in [4.69, 9.17) is 5.11 Å². The first-order chi connectivity index (χ1) is 9.43. The average Bonchev–Trinajstić information content (AvgIpc) is 2.92. The zero-order valence-corrected chi connectivity index (χ0v) is 11.5. The molecule has 1 aromatic rings. The molecule has 0 saturated carbocycles. The first-order valence-corrected chi connectivity index (χ1v) is 6.55. The Morgan fingerprint density at radius 3 is 2.55 bits per heavy atom. The number of hydrogen-bond acceptors (Lipinski definition) is 4. The Labute approximate surface area is 116 Å². The highest BCUT2D eigenvalue weighted by Gasteiger charge is 2.49. The maximum absolute atomic E-state index is 12.5. The highest BCUT2D eigenvalue weighted by atomic mass is 16.4. The van der Waals surface area contributed by atoms with Crippen LogP contribution in [0.25, 0.3) is 0 Å². The van der Waals surface area contributed by atoms with E-state index in [9.17, 15) is 14.4 Å². The maximum atomic E-state index is 12.5. The molecule has 1 aromatic heterocycles. The lowest BCUT2D eigenvalue weighted by Crippen LogP contribution is -2.35. The van der Waals surface area contributed by atoms with Crippen LogP contribution < -0.4 is 4.90 Å². The first-order valence-electron chi connectivity index (χ1n) is 6.55. The van der Waals surface area contributed by atoms with Gasteiger partial charge < -0.3 is 5.11 Å². The molecule has 7 heteroatoms. The lowest BCUT2D eigenvalue weighted by Gasteiger charge is -2.22. The van der Waals surface area contributed by atoms with E-state index in [1.54, 1.807) is 0 Å². The van der Waals surface area contributed by atoms with Crippen molar-refractivity contribution in [2.75, 3.05) is 4.90 Å². The largest absolute Gasteiger partial charge is 0.480 e. The molecule has 1 aliphatic rings. The van der Waals surface area contributed by atoms with Gasteiger partial charge in [0.1, 0.15) is 6.54 Å². The summed E-state index contributed by atoms with van der Waals surface area (Å²) in [6.45, 7) is 3.49. The van der Waals surface area contributed by atoms with Gasteiger partial charge in [-0.05, 0) is 12.8 Å². The summed E-state index contributed by atoms with van der Waals surface area (Å²) in [5.74, 6) is -1.51. The van der Waals surface area contributed by atoms with Crippen molar-refractivity contribution < 1.29 is 19.5 Å². The molecular weight excluding hydrogens is 262 g/mol. The van der Waals surface area contributed by atoms with E-state index in [2.05, 4.69) is 5.10 Å². The summed E-state index contributed by atoms with van der Waals surface area (Å²) in [6.07, 6.45) is 4.16. The fourth-order valence-electron chi connectivity index (χ4n) is 2.55. The summed E-state index contributed by atoms with van der Waals surface area (Å²) in [4.78, 5) is 36.3. The van der Waals surface area contributed by atoms with Gasteiger partial charge in [0.25, 0.3) is 0 Å². The van der Waals surface area contributed by atoms with E-state index in [0.29, 0.717) is 18.5 Å². The van der Waals surface area contributed by atoms with Crippen molar-refractivity contribution in [3.8, 4) is 0 Å². The van der Waals surface area contributed by atoms with Crippen LogP contribution in [0.3, 0.4) is 0 Å². The third kappa shape index (κ3) is 2.19. The molecule has 1 N–H and O–H groups in total. The van der Waals surface area contributed by atoms with Crippen molar-refractivity contribution in [3.05, 3.63) is 12.4 Å².